The molecule has 1 N–H and O–H groups in total. The van der Waals surface area contributed by atoms with Gasteiger partial charge in [0, 0.05) is 23.9 Å². The molecule has 0 spiro atoms. The fourth-order valence-electron chi connectivity index (χ4n) is 1.53. The van der Waals surface area contributed by atoms with Crippen LogP contribution in [0.4, 0.5) is 5.69 Å². The summed E-state index contributed by atoms with van der Waals surface area (Å²) in [4.78, 5) is 10.9. The molecule has 0 fully saturated rings. The Morgan fingerprint density at radius 2 is 2.14 bits per heavy atom. The number of hydrogen-bond donors (Lipinski definition) is 1. The maximum Gasteiger partial charge on any atom is 0.150 e. The van der Waals surface area contributed by atoms with Crippen molar-refractivity contribution in [2.45, 2.75) is 13.8 Å². The third-order valence-electron chi connectivity index (χ3n) is 2.27. The lowest BCUT2D eigenvalue weighted by Crippen LogP contribution is -1.98. The van der Waals surface area contributed by atoms with Gasteiger partial charge in [0.05, 0.1) is 0 Å². The predicted octanol–water partition coefficient (Wildman–Crippen LogP) is 2.64. The van der Waals surface area contributed by atoms with Crippen LogP contribution in [0.3, 0.4) is 0 Å². The van der Waals surface area contributed by atoms with Gasteiger partial charge in [-0.25, -0.2) is 0 Å². The summed E-state index contributed by atoms with van der Waals surface area (Å²) < 4.78 is 0. The highest BCUT2D eigenvalue weighted by molar-refractivity contribution is 6.09. The first-order chi connectivity index (χ1) is 6.74. The molecular weight excluding hydrogens is 174 g/mol. The van der Waals surface area contributed by atoms with Crippen LogP contribution in [0.2, 0.25) is 0 Å². The zero-order chi connectivity index (χ0) is 10.6. The Bertz CT molecular complexity index is 367. The fourth-order valence-corrected chi connectivity index (χ4v) is 1.53. The van der Waals surface area contributed by atoms with Crippen molar-refractivity contribution in [2.24, 2.45) is 0 Å². The van der Waals surface area contributed by atoms with E-state index in [4.69, 9.17) is 0 Å². The predicted molar refractivity (Wildman–Crippen MR) is 60.4 cm³/mol. The van der Waals surface area contributed by atoms with Crippen LogP contribution in [0.1, 0.15) is 18.1 Å². The quantitative estimate of drug-likeness (QED) is 0.585. The minimum Gasteiger partial charge on any atom is -0.388 e. The van der Waals surface area contributed by atoms with E-state index < -0.39 is 0 Å². The summed E-state index contributed by atoms with van der Waals surface area (Å²) >= 11 is 0. The topological polar surface area (TPSA) is 29.1 Å². The van der Waals surface area contributed by atoms with E-state index in [1.165, 1.54) is 0 Å². The Balaban J connectivity index is 3.36. The summed E-state index contributed by atoms with van der Waals surface area (Å²) in [5.41, 5.74) is 3.82. The molecule has 0 bridgehead atoms. The van der Waals surface area contributed by atoms with Crippen LogP contribution in [0.25, 0.3) is 5.57 Å². The van der Waals surface area contributed by atoms with Crippen LogP contribution in [0, 0.1) is 6.92 Å². The molecule has 0 aliphatic heterocycles. The molecule has 14 heavy (non-hydrogen) atoms. The second-order valence-electron chi connectivity index (χ2n) is 3.11. The van der Waals surface area contributed by atoms with Gasteiger partial charge in [-0.1, -0.05) is 18.2 Å². The standard InChI is InChI=1S/C12H15NO/c1-4-10(8-14)12-9(2)6-5-7-11(12)13-3/h4-8,13H,1-3H3/b10-4+. The number of anilines is 1. The van der Waals surface area contributed by atoms with Gasteiger partial charge < -0.3 is 5.32 Å². The number of aldehydes is 1. The van der Waals surface area contributed by atoms with Crippen LogP contribution in [-0.4, -0.2) is 13.3 Å². The first-order valence-corrected chi connectivity index (χ1v) is 4.63. The van der Waals surface area contributed by atoms with E-state index in [0.29, 0.717) is 0 Å². The normalized spacial score (nSPS) is 11.2. The van der Waals surface area contributed by atoms with Crippen molar-refractivity contribution in [3.8, 4) is 0 Å². The molecule has 0 aliphatic rings. The summed E-state index contributed by atoms with van der Waals surface area (Å²) in [5.74, 6) is 0. The van der Waals surface area contributed by atoms with Crippen LogP contribution in [0.5, 0.6) is 0 Å². The summed E-state index contributed by atoms with van der Waals surface area (Å²) in [6.07, 6.45) is 2.72. The van der Waals surface area contributed by atoms with Gasteiger partial charge in [0.2, 0.25) is 0 Å². The van der Waals surface area contributed by atoms with Crippen molar-refractivity contribution in [3.05, 3.63) is 35.4 Å². The Labute approximate surface area is 84.6 Å². The largest absolute Gasteiger partial charge is 0.388 e. The summed E-state index contributed by atoms with van der Waals surface area (Å²) in [7, 11) is 1.86. The summed E-state index contributed by atoms with van der Waals surface area (Å²) in [6.45, 7) is 3.87. The smallest absolute Gasteiger partial charge is 0.150 e. The highest BCUT2D eigenvalue weighted by Gasteiger charge is 2.07. The highest BCUT2D eigenvalue weighted by Crippen LogP contribution is 2.25. The summed E-state index contributed by atoms with van der Waals surface area (Å²) in [6, 6.07) is 5.95. The maximum absolute atomic E-state index is 10.9. The second-order valence-corrected chi connectivity index (χ2v) is 3.11. The first-order valence-electron chi connectivity index (χ1n) is 4.63. The Kier molecular flexibility index (Phi) is 3.46. The fraction of sp³-hybridized carbons (Fsp3) is 0.250. The highest BCUT2D eigenvalue weighted by atomic mass is 16.1. The Morgan fingerprint density at radius 3 is 2.64 bits per heavy atom. The maximum atomic E-state index is 10.9. The van der Waals surface area contributed by atoms with E-state index in [0.717, 1.165) is 28.7 Å². The van der Waals surface area contributed by atoms with Crippen LogP contribution >= 0.6 is 0 Å². The Hall–Kier alpha value is -1.57. The zero-order valence-corrected chi connectivity index (χ0v) is 8.79. The molecule has 2 heteroatoms. The van der Waals surface area contributed by atoms with Gasteiger partial charge in [0.25, 0.3) is 0 Å². The third kappa shape index (κ3) is 1.84. The van der Waals surface area contributed by atoms with Crippen LogP contribution in [0.15, 0.2) is 24.3 Å². The van der Waals surface area contributed by atoms with Crippen LogP contribution in [-0.2, 0) is 4.79 Å². The molecule has 0 aliphatic carbocycles. The lowest BCUT2D eigenvalue weighted by Gasteiger charge is -2.11. The van der Waals surface area contributed by atoms with Gasteiger partial charge in [0.1, 0.15) is 6.29 Å². The molecule has 2 nitrogen and oxygen atoms in total. The number of aryl methyl sites for hydroxylation is 1. The molecule has 0 aromatic heterocycles. The van der Waals surface area contributed by atoms with Crippen molar-refractivity contribution in [1.82, 2.24) is 0 Å². The van der Waals surface area contributed by atoms with Crippen molar-refractivity contribution >= 4 is 17.5 Å². The molecule has 74 valence electrons. The molecule has 0 radical (unpaired) electrons. The summed E-state index contributed by atoms with van der Waals surface area (Å²) in [5, 5.41) is 3.09. The van der Waals surface area contributed by atoms with Crippen molar-refractivity contribution in [1.29, 1.82) is 0 Å². The van der Waals surface area contributed by atoms with Crippen molar-refractivity contribution in [2.75, 3.05) is 12.4 Å². The number of hydrogen-bond acceptors (Lipinski definition) is 2. The molecule has 0 atom stereocenters. The average molecular weight is 189 g/mol. The van der Waals surface area contributed by atoms with Gasteiger partial charge >= 0.3 is 0 Å². The molecule has 1 aromatic rings. The molecule has 0 heterocycles. The molecule has 1 rings (SSSR count). The van der Waals surface area contributed by atoms with E-state index in [9.17, 15) is 4.79 Å². The van der Waals surface area contributed by atoms with Gasteiger partial charge in [0.15, 0.2) is 0 Å². The van der Waals surface area contributed by atoms with Gasteiger partial charge in [-0.3, -0.25) is 4.79 Å². The van der Waals surface area contributed by atoms with E-state index in [1.807, 2.05) is 45.2 Å². The van der Waals surface area contributed by atoms with Gasteiger partial charge in [-0.2, -0.15) is 0 Å². The number of benzene rings is 1. The number of carbonyl (C=O) groups is 1. The van der Waals surface area contributed by atoms with Crippen molar-refractivity contribution < 1.29 is 4.79 Å². The number of allylic oxidation sites excluding steroid dienone is 2. The van der Waals surface area contributed by atoms with E-state index >= 15 is 0 Å². The SMILES string of the molecule is C/C=C(\C=O)c1c(C)cccc1NC. The van der Waals surface area contributed by atoms with E-state index in [2.05, 4.69) is 5.32 Å². The van der Waals surface area contributed by atoms with Crippen LogP contribution < -0.4 is 5.32 Å². The average Bonchev–Trinajstić information content (AvgIpc) is 2.22. The molecular formula is C12H15NO. The molecule has 1 aromatic carbocycles. The van der Waals surface area contributed by atoms with E-state index in [-0.39, 0.29) is 0 Å². The first kappa shape index (κ1) is 10.5. The molecule has 0 saturated heterocycles. The number of carbonyl (C=O) groups excluding carboxylic acids is 1. The van der Waals surface area contributed by atoms with Gasteiger partial charge in [-0.15, -0.1) is 0 Å². The lowest BCUT2D eigenvalue weighted by atomic mass is 9.99. The molecule has 0 saturated carbocycles. The van der Waals surface area contributed by atoms with Gasteiger partial charge in [-0.05, 0) is 25.5 Å². The number of rotatable bonds is 3. The molecule has 0 amide bonds. The minimum absolute atomic E-state index is 0.729. The monoisotopic (exact) mass is 189 g/mol. The Morgan fingerprint density at radius 1 is 1.43 bits per heavy atom. The van der Waals surface area contributed by atoms with Crippen molar-refractivity contribution in [3.63, 3.8) is 0 Å². The zero-order valence-electron chi connectivity index (χ0n) is 8.79. The third-order valence-corrected chi connectivity index (χ3v) is 2.27. The number of nitrogens with one attached hydrogen (secondary N) is 1. The molecule has 0 unspecified atom stereocenters. The van der Waals surface area contributed by atoms with E-state index in [1.54, 1.807) is 0 Å². The lowest BCUT2D eigenvalue weighted by molar-refractivity contribution is -0.103. The second kappa shape index (κ2) is 4.61. The minimum atomic E-state index is 0.729.